The summed E-state index contributed by atoms with van der Waals surface area (Å²) in [7, 11) is 1.51. The van der Waals surface area contributed by atoms with Crippen molar-refractivity contribution in [2.45, 2.75) is 57.2 Å². The zero-order chi connectivity index (χ0) is 26.5. The number of hydrogen-bond acceptors (Lipinski definition) is 5. The van der Waals surface area contributed by atoms with E-state index in [-0.39, 0.29) is 36.3 Å². The molecule has 2 aromatic rings. The van der Waals surface area contributed by atoms with Crippen LogP contribution in [0.2, 0.25) is 0 Å². The Labute approximate surface area is 213 Å². The Morgan fingerprint density at radius 3 is 2.68 bits per heavy atom. The van der Waals surface area contributed by atoms with Crippen molar-refractivity contribution >= 4 is 29.6 Å². The first-order chi connectivity index (χ1) is 17.6. The average Bonchev–Trinajstić information content (AvgIpc) is 3.49. The third kappa shape index (κ3) is 4.10. The number of benzene rings is 2. The number of halogens is 1. The second kappa shape index (κ2) is 9.17. The Balaban J connectivity index is 1.36. The highest BCUT2D eigenvalue weighted by molar-refractivity contribution is 6.06. The second-order valence-corrected chi connectivity index (χ2v) is 9.91. The molecule has 0 bridgehead atoms. The van der Waals surface area contributed by atoms with Gasteiger partial charge in [0, 0.05) is 30.8 Å². The van der Waals surface area contributed by atoms with Crippen LogP contribution in [-0.4, -0.2) is 53.4 Å². The number of carbonyl (C=O) groups excluding carboxylic acids is 4. The molecule has 2 fully saturated rings. The van der Waals surface area contributed by atoms with Crippen molar-refractivity contribution in [1.29, 1.82) is 0 Å². The van der Waals surface area contributed by atoms with Crippen molar-refractivity contribution in [1.82, 2.24) is 15.1 Å². The first-order valence-corrected chi connectivity index (χ1v) is 12.4. The van der Waals surface area contributed by atoms with Gasteiger partial charge in [0.05, 0.1) is 6.04 Å². The zero-order valence-corrected chi connectivity index (χ0v) is 21.0. The first-order valence-electron chi connectivity index (χ1n) is 12.4. The van der Waals surface area contributed by atoms with E-state index in [0.29, 0.717) is 24.1 Å². The van der Waals surface area contributed by atoms with Crippen molar-refractivity contribution < 1.29 is 28.3 Å². The summed E-state index contributed by atoms with van der Waals surface area (Å²) in [6, 6.07) is 8.89. The van der Waals surface area contributed by atoms with Crippen molar-refractivity contribution in [2.24, 2.45) is 0 Å². The average molecular weight is 509 g/mol. The number of carbonyl (C=O) groups is 4. The molecule has 0 radical (unpaired) electrons. The minimum Gasteiger partial charge on any atom is -0.427 e. The van der Waals surface area contributed by atoms with Crippen molar-refractivity contribution in [2.75, 3.05) is 18.9 Å². The van der Waals surface area contributed by atoms with Crippen molar-refractivity contribution in [3.05, 3.63) is 64.5 Å². The molecule has 1 aliphatic carbocycles. The van der Waals surface area contributed by atoms with Crippen LogP contribution >= 0.6 is 0 Å². The minimum atomic E-state index is -1.47. The third-order valence-corrected chi connectivity index (χ3v) is 7.68. The summed E-state index contributed by atoms with van der Waals surface area (Å²) in [6.07, 6.45) is 1.37. The van der Waals surface area contributed by atoms with Crippen molar-refractivity contribution in [3.8, 4) is 0 Å². The molecule has 0 saturated carbocycles. The fraction of sp³-hybridized carbons (Fsp3) is 0.407. The topological polar surface area (TPSA) is 108 Å². The van der Waals surface area contributed by atoms with E-state index in [9.17, 15) is 23.6 Å². The predicted molar refractivity (Wildman–Crippen MR) is 132 cm³/mol. The number of aryl methyl sites for hydroxylation is 2. The molecule has 5 rings (SSSR count). The lowest BCUT2D eigenvalue weighted by Crippen LogP contribution is -2.46. The molecule has 1 unspecified atom stereocenters. The summed E-state index contributed by atoms with van der Waals surface area (Å²) in [5.74, 6) is -1.25. The van der Waals surface area contributed by atoms with Gasteiger partial charge in [-0.1, -0.05) is 12.1 Å². The van der Waals surface area contributed by atoms with Gasteiger partial charge < -0.3 is 20.3 Å². The molecule has 2 saturated heterocycles. The molecule has 3 aliphatic rings. The standard InChI is InChI=1S/C27H29FN4O5/c1-15-12-18(28)5-7-20(15)22-9-4-16(2)32(22)23(33)14-31-24(34)27(37-26(31)36)11-10-17-13-19(6-8-21(17)27)30-25(35)29-3/h5-8,12-13,16,22H,4,9-11,14H2,1-3H3,(H2,29,30,35)/t16-,22+,27?/m1/s1. The maximum atomic E-state index is 13.7. The molecule has 2 heterocycles. The number of urea groups is 1. The molecule has 2 aliphatic heterocycles. The van der Waals surface area contributed by atoms with Crippen LogP contribution in [0.15, 0.2) is 36.4 Å². The molecule has 194 valence electrons. The Hall–Kier alpha value is -3.95. The summed E-state index contributed by atoms with van der Waals surface area (Å²) in [6.45, 7) is 3.31. The van der Waals surface area contributed by atoms with Crippen LogP contribution in [-0.2, 0) is 26.3 Å². The summed E-state index contributed by atoms with van der Waals surface area (Å²) in [4.78, 5) is 54.2. The number of anilines is 1. The molecular weight excluding hydrogens is 479 g/mol. The van der Waals surface area contributed by atoms with Crippen LogP contribution in [0, 0.1) is 12.7 Å². The van der Waals surface area contributed by atoms with E-state index in [4.69, 9.17) is 4.74 Å². The molecule has 1 spiro atoms. The normalized spacial score (nSPS) is 24.4. The van der Waals surface area contributed by atoms with Gasteiger partial charge in [-0.15, -0.1) is 0 Å². The van der Waals surface area contributed by atoms with E-state index in [1.807, 2.05) is 13.8 Å². The van der Waals surface area contributed by atoms with E-state index in [0.717, 1.165) is 28.0 Å². The lowest BCUT2D eigenvalue weighted by Gasteiger charge is -2.31. The highest BCUT2D eigenvalue weighted by Gasteiger charge is 2.58. The molecule has 10 heteroatoms. The van der Waals surface area contributed by atoms with Gasteiger partial charge in [0.25, 0.3) is 5.91 Å². The highest BCUT2D eigenvalue weighted by Crippen LogP contribution is 2.46. The van der Waals surface area contributed by atoms with Crippen LogP contribution in [0.3, 0.4) is 0 Å². The number of amides is 5. The Morgan fingerprint density at radius 1 is 1.16 bits per heavy atom. The van der Waals surface area contributed by atoms with E-state index < -0.39 is 24.1 Å². The van der Waals surface area contributed by atoms with E-state index in [1.54, 1.807) is 29.2 Å². The lowest BCUT2D eigenvalue weighted by molar-refractivity contribution is -0.143. The Kier molecular flexibility index (Phi) is 6.13. The number of hydrogen-bond donors (Lipinski definition) is 2. The Morgan fingerprint density at radius 2 is 1.95 bits per heavy atom. The number of ether oxygens (including phenoxy) is 1. The molecule has 5 amide bonds. The van der Waals surface area contributed by atoms with Gasteiger partial charge in [0.1, 0.15) is 12.4 Å². The molecule has 0 aromatic heterocycles. The fourth-order valence-corrected chi connectivity index (χ4v) is 5.86. The number of rotatable bonds is 4. The maximum Gasteiger partial charge on any atom is 0.418 e. The van der Waals surface area contributed by atoms with Gasteiger partial charge in [0.2, 0.25) is 11.5 Å². The van der Waals surface area contributed by atoms with Gasteiger partial charge in [-0.3, -0.25) is 9.59 Å². The minimum absolute atomic E-state index is 0.0944. The molecule has 2 N–H and O–H groups in total. The number of nitrogens with one attached hydrogen (secondary N) is 2. The summed E-state index contributed by atoms with van der Waals surface area (Å²) < 4.78 is 19.3. The smallest absolute Gasteiger partial charge is 0.418 e. The quantitative estimate of drug-likeness (QED) is 0.654. The third-order valence-electron chi connectivity index (χ3n) is 7.68. The van der Waals surface area contributed by atoms with Gasteiger partial charge in [-0.2, -0.15) is 0 Å². The van der Waals surface area contributed by atoms with E-state index in [1.165, 1.54) is 19.2 Å². The SMILES string of the molecule is CNC(=O)Nc1ccc2c(c1)CCC21OC(=O)N(CC(=O)N2[C@H](C)CC[C@H]2c2ccc(F)cc2C)C1=O. The number of likely N-dealkylation sites (tertiary alicyclic amines) is 1. The van der Waals surface area contributed by atoms with Crippen molar-refractivity contribution in [3.63, 3.8) is 0 Å². The molecule has 3 atom stereocenters. The lowest BCUT2D eigenvalue weighted by atomic mass is 9.94. The molecule has 2 aromatic carbocycles. The number of imide groups is 1. The molecular formula is C27H29FN4O5. The van der Waals surface area contributed by atoms with Crippen LogP contribution in [0.5, 0.6) is 0 Å². The monoisotopic (exact) mass is 508 g/mol. The van der Waals surface area contributed by atoms with Gasteiger partial charge in [0.15, 0.2) is 0 Å². The largest absolute Gasteiger partial charge is 0.427 e. The highest BCUT2D eigenvalue weighted by atomic mass is 19.1. The van der Waals surface area contributed by atoms with Crippen LogP contribution in [0.25, 0.3) is 0 Å². The summed E-state index contributed by atoms with van der Waals surface area (Å²) in [5.41, 5.74) is 2.06. The summed E-state index contributed by atoms with van der Waals surface area (Å²) in [5, 5.41) is 5.17. The van der Waals surface area contributed by atoms with Crippen LogP contribution < -0.4 is 10.6 Å². The predicted octanol–water partition coefficient (Wildman–Crippen LogP) is 3.76. The number of nitrogens with zero attached hydrogens (tertiary/aromatic N) is 2. The zero-order valence-electron chi connectivity index (χ0n) is 21.0. The maximum absolute atomic E-state index is 13.7. The second-order valence-electron chi connectivity index (χ2n) is 9.91. The van der Waals surface area contributed by atoms with Gasteiger partial charge >= 0.3 is 12.1 Å². The fourth-order valence-electron chi connectivity index (χ4n) is 5.86. The van der Waals surface area contributed by atoms with Crippen LogP contribution in [0.1, 0.15) is 54.5 Å². The van der Waals surface area contributed by atoms with Crippen LogP contribution in [0.4, 0.5) is 19.7 Å². The summed E-state index contributed by atoms with van der Waals surface area (Å²) >= 11 is 0. The van der Waals surface area contributed by atoms with E-state index in [2.05, 4.69) is 10.6 Å². The molecule has 9 nitrogen and oxygen atoms in total. The Bertz CT molecular complexity index is 1310. The van der Waals surface area contributed by atoms with Gasteiger partial charge in [-0.25, -0.2) is 18.9 Å². The molecule has 37 heavy (non-hydrogen) atoms. The van der Waals surface area contributed by atoms with Gasteiger partial charge in [-0.05, 0) is 74.1 Å². The number of fused-ring (bicyclic) bond motifs is 2. The van der Waals surface area contributed by atoms with E-state index >= 15 is 0 Å². The first kappa shape index (κ1) is 24.7.